The van der Waals surface area contributed by atoms with E-state index in [0.717, 1.165) is 4.47 Å². The molecule has 0 saturated heterocycles. The molecule has 0 heterocycles. The number of rotatable bonds is 4. The van der Waals surface area contributed by atoms with E-state index < -0.39 is 5.82 Å². The quantitative estimate of drug-likeness (QED) is 0.839. The zero-order valence-corrected chi connectivity index (χ0v) is 12.9. The van der Waals surface area contributed by atoms with Crippen LogP contribution in [0.3, 0.4) is 0 Å². The second kappa shape index (κ2) is 6.43. The first-order valence-electron chi connectivity index (χ1n) is 5.79. The highest BCUT2D eigenvalue weighted by molar-refractivity contribution is 9.10. The standard InChI is InChI=1S/C14H12BrClFNO2/c1-18-13-10(15)4-2-8(7-19)14(13)20-12-6-9(17)3-5-11(12)16/h2-6,18-19H,7H2,1H3. The molecule has 0 amide bonds. The minimum absolute atomic E-state index is 0.191. The van der Waals surface area contributed by atoms with E-state index in [4.69, 9.17) is 16.3 Å². The van der Waals surface area contributed by atoms with Gasteiger partial charge in [-0.3, -0.25) is 0 Å². The van der Waals surface area contributed by atoms with E-state index >= 15 is 0 Å². The molecule has 0 radical (unpaired) electrons. The fraction of sp³-hybridized carbons (Fsp3) is 0.143. The van der Waals surface area contributed by atoms with Crippen molar-refractivity contribution in [2.75, 3.05) is 12.4 Å². The number of hydrogen-bond donors (Lipinski definition) is 2. The van der Waals surface area contributed by atoms with Gasteiger partial charge < -0.3 is 15.2 Å². The van der Waals surface area contributed by atoms with Crippen LogP contribution in [-0.4, -0.2) is 12.2 Å². The van der Waals surface area contributed by atoms with Gasteiger partial charge in [0.2, 0.25) is 0 Å². The summed E-state index contributed by atoms with van der Waals surface area (Å²) < 4.78 is 19.7. The second-order valence-corrected chi connectivity index (χ2v) is 5.26. The van der Waals surface area contributed by atoms with Crippen molar-refractivity contribution in [1.29, 1.82) is 0 Å². The lowest BCUT2D eigenvalue weighted by Crippen LogP contribution is -1.99. The van der Waals surface area contributed by atoms with Crippen LogP contribution >= 0.6 is 27.5 Å². The molecule has 2 N–H and O–H groups in total. The molecule has 0 atom stereocenters. The lowest BCUT2D eigenvalue weighted by Gasteiger charge is -2.16. The van der Waals surface area contributed by atoms with Crippen LogP contribution in [0.15, 0.2) is 34.8 Å². The average molecular weight is 361 g/mol. The van der Waals surface area contributed by atoms with Gasteiger partial charge in [-0.15, -0.1) is 0 Å². The topological polar surface area (TPSA) is 41.5 Å². The fourth-order valence-electron chi connectivity index (χ4n) is 1.74. The molecule has 0 aliphatic rings. The maximum absolute atomic E-state index is 13.3. The van der Waals surface area contributed by atoms with Crippen molar-refractivity contribution in [1.82, 2.24) is 0 Å². The summed E-state index contributed by atoms with van der Waals surface area (Å²) in [5.74, 6) is 0.142. The summed E-state index contributed by atoms with van der Waals surface area (Å²) in [6, 6.07) is 7.37. The van der Waals surface area contributed by atoms with Crippen LogP contribution < -0.4 is 10.1 Å². The first kappa shape index (κ1) is 15.1. The second-order valence-electron chi connectivity index (χ2n) is 4.00. The van der Waals surface area contributed by atoms with E-state index in [2.05, 4.69) is 21.2 Å². The van der Waals surface area contributed by atoms with Crippen molar-refractivity contribution in [2.45, 2.75) is 6.61 Å². The summed E-state index contributed by atoms with van der Waals surface area (Å²) in [4.78, 5) is 0. The summed E-state index contributed by atoms with van der Waals surface area (Å²) in [6.07, 6.45) is 0. The molecule has 2 aromatic carbocycles. The molecule has 2 aromatic rings. The molecule has 0 unspecified atom stereocenters. The molecular formula is C14H12BrClFNO2. The van der Waals surface area contributed by atoms with Gasteiger partial charge in [0.15, 0.2) is 5.75 Å². The molecule has 2 rings (SSSR count). The third kappa shape index (κ3) is 3.06. The SMILES string of the molecule is CNc1c(Br)ccc(CO)c1Oc1cc(F)ccc1Cl. The van der Waals surface area contributed by atoms with Crippen molar-refractivity contribution in [2.24, 2.45) is 0 Å². The van der Waals surface area contributed by atoms with E-state index in [9.17, 15) is 9.50 Å². The third-order valence-electron chi connectivity index (χ3n) is 2.71. The molecule has 0 bridgehead atoms. The predicted molar refractivity (Wildman–Crippen MR) is 81.1 cm³/mol. The third-order valence-corrected chi connectivity index (χ3v) is 3.69. The lowest BCUT2D eigenvalue weighted by molar-refractivity contribution is 0.276. The molecule has 0 spiro atoms. The van der Waals surface area contributed by atoms with Crippen molar-refractivity contribution in [3.05, 3.63) is 51.2 Å². The predicted octanol–water partition coefficient (Wildman–Crippen LogP) is 4.57. The van der Waals surface area contributed by atoms with Gasteiger partial charge in [0.25, 0.3) is 0 Å². The zero-order valence-electron chi connectivity index (χ0n) is 10.6. The molecular weight excluding hydrogens is 349 g/mol. The Morgan fingerprint density at radius 3 is 2.75 bits per heavy atom. The Morgan fingerprint density at radius 1 is 1.35 bits per heavy atom. The van der Waals surface area contributed by atoms with E-state index in [1.54, 1.807) is 19.2 Å². The van der Waals surface area contributed by atoms with E-state index in [0.29, 0.717) is 17.0 Å². The highest BCUT2D eigenvalue weighted by atomic mass is 79.9. The number of aliphatic hydroxyl groups is 1. The van der Waals surface area contributed by atoms with Gasteiger partial charge in [0.05, 0.1) is 17.3 Å². The van der Waals surface area contributed by atoms with Crippen molar-refractivity contribution in [3.8, 4) is 11.5 Å². The van der Waals surface area contributed by atoms with Crippen LogP contribution in [-0.2, 0) is 6.61 Å². The minimum atomic E-state index is -0.448. The van der Waals surface area contributed by atoms with E-state index in [-0.39, 0.29) is 17.4 Å². The largest absolute Gasteiger partial charge is 0.453 e. The van der Waals surface area contributed by atoms with Crippen LogP contribution in [0.25, 0.3) is 0 Å². The van der Waals surface area contributed by atoms with Gasteiger partial charge in [0, 0.05) is 23.2 Å². The van der Waals surface area contributed by atoms with Gasteiger partial charge in [0.1, 0.15) is 11.6 Å². The van der Waals surface area contributed by atoms with E-state index in [1.807, 2.05) is 0 Å². The van der Waals surface area contributed by atoms with Gasteiger partial charge >= 0.3 is 0 Å². The maximum Gasteiger partial charge on any atom is 0.157 e. The molecule has 0 saturated carbocycles. The molecule has 20 heavy (non-hydrogen) atoms. The summed E-state index contributed by atoms with van der Waals surface area (Å²) in [5, 5.41) is 12.7. The van der Waals surface area contributed by atoms with Crippen LogP contribution in [0.5, 0.6) is 11.5 Å². The Kier molecular flexibility index (Phi) is 4.86. The fourth-order valence-corrected chi connectivity index (χ4v) is 2.41. The number of halogens is 3. The number of hydrogen-bond acceptors (Lipinski definition) is 3. The summed E-state index contributed by atoms with van der Waals surface area (Å²) in [7, 11) is 1.72. The first-order valence-corrected chi connectivity index (χ1v) is 6.96. The normalized spacial score (nSPS) is 10.4. The Hall–Kier alpha value is -1.30. The number of nitrogens with one attached hydrogen (secondary N) is 1. The number of aliphatic hydroxyl groups excluding tert-OH is 1. The van der Waals surface area contributed by atoms with Gasteiger partial charge in [-0.25, -0.2) is 4.39 Å². The van der Waals surface area contributed by atoms with Crippen LogP contribution in [0.1, 0.15) is 5.56 Å². The summed E-state index contributed by atoms with van der Waals surface area (Å²) in [5.41, 5.74) is 1.22. The number of benzene rings is 2. The van der Waals surface area contributed by atoms with Gasteiger partial charge in [-0.1, -0.05) is 17.7 Å². The Morgan fingerprint density at radius 2 is 2.10 bits per heavy atom. The van der Waals surface area contributed by atoms with Crippen LogP contribution in [0.4, 0.5) is 10.1 Å². The molecule has 106 valence electrons. The molecule has 0 aliphatic heterocycles. The van der Waals surface area contributed by atoms with Gasteiger partial charge in [-0.05, 0) is 34.1 Å². The van der Waals surface area contributed by atoms with Crippen LogP contribution in [0, 0.1) is 5.82 Å². The average Bonchev–Trinajstić information content (AvgIpc) is 2.43. The monoisotopic (exact) mass is 359 g/mol. The minimum Gasteiger partial charge on any atom is -0.453 e. The molecule has 0 aliphatic carbocycles. The number of ether oxygens (including phenoxy) is 1. The highest BCUT2D eigenvalue weighted by Gasteiger charge is 2.15. The first-order chi connectivity index (χ1) is 9.56. The van der Waals surface area contributed by atoms with Crippen molar-refractivity contribution < 1.29 is 14.2 Å². The smallest absolute Gasteiger partial charge is 0.157 e. The molecule has 3 nitrogen and oxygen atoms in total. The zero-order chi connectivity index (χ0) is 14.7. The van der Waals surface area contributed by atoms with Crippen molar-refractivity contribution >= 4 is 33.2 Å². The highest BCUT2D eigenvalue weighted by Crippen LogP contribution is 2.40. The summed E-state index contributed by atoms with van der Waals surface area (Å²) >= 11 is 9.38. The lowest BCUT2D eigenvalue weighted by atomic mass is 10.2. The van der Waals surface area contributed by atoms with Gasteiger partial charge in [-0.2, -0.15) is 0 Å². The molecule has 0 fully saturated rings. The van der Waals surface area contributed by atoms with E-state index in [1.165, 1.54) is 18.2 Å². The molecule has 0 aromatic heterocycles. The number of anilines is 1. The maximum atomic E-state index is 13.3. The Balaban J connectivity index is 2.51. The van der Waals surface area contributed by atoms with Crippen molar-refractivity contribution in [3.63, 3.8) is 0 Å². The Bertz CT molecular complexity index is 637. The molecule has 6 heteroatoms. The van der Waals surface area contributed by atoms with Crippen LogP contribution in [0.2, 0.25) is 5.02 Å². The Labute approximate surface area is 129 Å². The summed E-state index contributed by atoms with van der Waals surface area (Å²) in [6.45, 7) is -0.204.